The fourth-order valence-electron chi connectivity index (χ4n) is 3.25. The molecule has 0 amide bonds. The van der Waals surface area contributed by atoms with Crippen molar-refractivity contribution in [1.29, 1.82) is 0 Å². The molecule has 0 spiro atoms. The number of hydrogen-bond donors (Lipinski definition) is 2. The number of hydrogen-bond acceptors (Lipinski definition) is 4. The summed E-state index contributed by atoms with van der Waals surface area (Å²) in [6.07, 6.45) is 0. The van der Waals surface area contributed by atoms with Crippen LogP contribution in [0.5, 0.6) is 11.5 Å². The molecule has 0 aliphatic heterocycles. The minimum absolute atomic E-state index is 0. The number of ether oxygens (including phenoxy) is 2. The average molecular weight is 535 g/mol. The quantitative estimate of drug-likeness (QED) is 0.261. The van der Waals surface area contributed by atoms with Gasteiger partial charge in [-0.05, 0) is 50.6 Å². The van der Waals surface area contributed by atoms with Gasteiger partial charge in [0, 0.05) is 24.0 Å². The van der Waals surface area contributed by atoms with E-state index in [9.17, 15) is 0 Å². The highest BCUT2D eigenvalue weighted by molar-refractivity contribution is 14.0. The molecule has 0 radical (unpaired) electrons. The molecule has 0 saturated carbocycles. The number of para-hydroxylation sites is 1. The van der Waals surface area contributed by atoms with Crippen LogP contribution in [0.25, 0.3) is 5.69 Å². The Hall–Kier alpha value is -2.75. The Labute approximate surface area is 200 Å². The van der Waals surface area contributed by atoms with Gasteiger partial charge in [-0.25, -0.2) is 9.67 Å². The molecule has 3 aromatic rings. The number of methoxy groups -OCH3 is 2. The highest BCUT2D eigenvalue weighted by Gasteiger charge is 2.10. The maximum absolute atomic E-state index is 5.39. The van der Waals surface area contributed by atoms with Gasteiger partial charge in [-0.2, -0.15) is 5.10 Å². The smallest absolute Gasteiger partial charge is 0.196 e. The van der Waals surface area contributed by atoms with Gasteiger partial charge in [0.1, 0.15) is 0 Å². The standard InChI is InChI=1S/C23H29N5O2.HI/c1-6-24-23(26-19-11-12-21(29-4)22(14-19)30-5)25-15-18-9-7-8-10-20(18)28-17(3)13-16(2)27-28;/h7-14H,6,15H2,1-5H3,(H2,24,25,26);1H. The number of nitrogens with zero attached hydrogens (tertiary/aromatic N) is 3. The predicted molar refractivity (Wildman–Crippen MR) is 136 cm³/mol. The summed E-state index contributed by atoms with van der Waals surface area (Å²) in [5.74, 6) is 2.03. The van der Waals surface area contributed by atoms with Crippen LogP contribution in [-0.4, -0.2) is 36.5 Å². The van der Waals surface area contributed by atoms with Crippen molar-refractivity contribution in [2.24, 2.45) is 4.99 Å². The fourth-order valence-corrected chi connectivity index (χ4v) is 3.25. The van der Waals surface area contributed by atoms with Crippen molar-refractivity contribution in [3.05, 3.63) is 65.5 Å². The van der Waals surface area contributed by atoms with Gasteiger partial charge in [0.2, 0.25) is 0 Å². The normalized spacial score (nSPS) is 10.9. The van der Waals surface area contributed by atoms with Crippen molar-refractivity contribution < 1.29 is 9.47 Å². The summed E-state index contributed by atoms with van der Waals surface area (Å²) in [5, 5.41) is 11.2. The predicted octanol–water partition coefficient (Wildman–Crippen LogP) is 4.70. The van der Waals surface area contributed by atoms with Crippen LogP contribution in [0.2, 0.25) is 0 Å². The second kappa shape index (κ2) is 11.6. The van der Waals surface area contributed by atoms with Gasteiger partial charge < -0.3 is 20.1 Å². The third kappa shape index (κ3) is 6.13. The Morgan fingerprint density at radius 2 is 1.77 bits per heavy atom. The molecule has 2 N–H and O–H groups in total. The second-order valence-corrected chi connectivity index (χ2v) is 6.86. The van der Waals surface area contributed by atoms with Crippen molar-refractivity contribution in [1.82, 2.24) is 15.1 Å². The molecule has 31 heavy (non-hydrogen) atoms. The number of guanidine groups is 1. The Balaban J connectivity index is 0.00000341. The molecular weight excluding hydrogens is 505 g/mol. The lowest BCUT2D eigenvalue weighted by atomic mass is 10.2. The van der Waals surface area contributed by atoms with Crippen molar-refractivity contribution >= 4 is 35.6 Å². The number of aromatic nitrogens is 2. The molecule has 1 aromatic heterocycles. The van der Waals surface area contributed by atoms with Crippen LogP contribution in [0.3, 0.4) is 0 Å². The Morgan fingerprint density at radius 1 is 1.03 bits per heavy atom. The van der Waals surface area contributed by atoms with Crippen molar-refractivity contribution in [3.8, 4) is 17.2 Å². The summed E-state index contributed by atoms with van der Waals surface area (Å²) in [6.45, 7) is 7.36. The summed E-state index contributed by atoms with van der Waals surface area (Å²) in [5.41, 5.74) is 5.08. The van der Waals surface area contributed by atoms with Crippen molar-refractivity contribution in [2.45, 2.75) is 27.3 Å². The first-order valence-electron chi connectivity index (χ1n) is 9.94. The van der Waals surface area contributed by atoms with Crippen LogP contribution in [0.1, 0.15) is 23.9 Å². The molecule has 0 atom stereocenters. The van der Waals surface area contributed by atoms with E-state index >= 15 is 0 Å². The molecule has 0 aliphatic carbocycles. The molecule has 2 aromatic carbocycles. The van der Waals surface area contributed by atoms with Gasteiger partial charge in [0.15, 0.2) is 17.5 Å². The fraction of sp³-hybridized carbons (Fsp3) is 0.304. The van der Waals surface area contributed by atoms with E-state index < -0.39 is 0 Å². The van der Waals surface area contributed by atoms with Gasteiger partial charge in [0.25, 0.3) is 0 Å². The van der Waals surface area contributed by atoms with Gasteiger partial charge in [-0.15, -0.1) is 24.0 Å². The van der Waals surface area contributed by atoms with E-state index in [0.29, 0.717) is 24.0 Å². The topological polar surface area (TPSA) is 72.7 Å². The molecule has 3 rings (SSSR count). The van der Waals surface area contributed by atoms with Gasteiger partial charge in [-0.3, -0.25) is 0 Å². The number of rotatable bonds is 7. The van der Waals surface area contributed by atoms with Crippen LogP contribution in [0, 0.1) is 13.8 Å². The summed E-state index contributed by atoms with van der Waals surface area (Å²) in [7, 11) is 3.24. The number of halogens is 1. The highest BCUT2D eigenvalue weighted by Crippen LogP contribution is 2.29. The van der Waals surface area contributed by atoms with E-state index in [0.717, 1.165) is 34.9 Å². The monoisotopic (exact) mass is 535 g/mol. The Bertz CT molecular complexity index is 1030. The van der Waals surface area contributed by atoms with Crippen LogP contribution >= 0.6 is 24.0 Å². The number of aliphatic imine (C=N–C) groups is 1. The zero-order valence-corrected chi connectivity index (χ0v) is 20.9. The second-order valence-electron chi connectivity index (χ2n) is 6.86. The van der Waals surface area contributed by atoms with Crippen molar-refractivity contribution in [3.63, 3.8) is 0 Å². The minimum atomic E-state index is 0. The first-order chi connectivity index (χ1) is 14.5. The maximum Gasteiger partial charge on any atom is 0.196 e. The maximum atomic E-state index is 5.39. The Kier molecular flexibility index (Phi) is 9.17. The molecule has 8 heteroatoms. The number of anilines is 1. The van der Waals surface area contributed by atoms with E-state index in [1.165, 1.54) is 0 Å². The molecule has 0 saturated heterocycles. The summed E-state index contributed by atoms with van der Waals surface area (Å²) in [6, 6.07) is 15.9. The number of benzene rings is 2. The highest BCUT2D eigenvalue weighted by atomic mass is 127. The summed E-state index contributed by atoms with van der Waals surface area (Å²) >= 11 is 0. The van der Waals surface area contributed by atoms with Crippen LogP contribution in [0.15, 0.2) is 53.5 Å². The molecule has 166 valence electrons. The van der Waals surface area contributed by atoms with Gasteiger partial charge in [-0.1, -0.05) is 18.2 Å². The Morgan fingerprint density at radius 3 is 2.42 bits per heavy atom. The zero-order valence-electron chi connectivity index (χ0n) is 18.6. The molecule has 7 nitrogen and oxygen atoms in total. The number of aryl methyl sites for hydroxylation is 2. The third-order valence-corrected chi connectivity index (χ3v) is 4.63. The minimum Gasteiger partial charge on any atom is -0.493 e. The lowest BCUT2D eigenvalue weighted by Crippen LogP contribution is -2.30. The number of nitrogens with one attached hydrogen (secondary N) is 2. The van der Waals surface area contributed by atoms with Crippen LogP contribution < -0.4 is 20.1 Å². The summed E-state index contributed by atoms with van der Waals surface area (Å²) in [4.78, 5) is 4.78. The average Bonchev–Trinajstić information content (AvgIpc) is 3.10. The molecule has 0 aliphatic rings. The first kappa shape index (κ1) is 24.5. The largest absolute Gasteiger partial charge is 0.493 e. The SMILES string of the molecule is CCNC(=NCc1ccccc1-n1nc(C)cc1C)Nc1ccc(OC)c(OC)c1.I. The third-order valence-electron chi connectivity index (χ3n) is 4.63. The van der Waals surface area contributed by atoms with E-state index in [1.54, 1.807) is 14.2 Å². The molecular formula is C23H30IN5O2. The van der Waals surface area contributed by atoms with E-state index in [1.807, 2.05) is 48.9 Å². The van der Waals surface area contributed by atoms with E-state index in [2.05, 4.69) is 40.9 Å². The van der Waals surface area contributed by atoms with Crippen LogP contribution in [-0.2, 0) is 6.54 Å². The lowest BCUT2D eigenvalue weighted by Gasteiger charge is -2.14. The van der Waals surface area contributed by atoms with Gasteiger partial charge in [0.05, 0.1) is 32.1 Å². The molecule has 1 heterocycles. The first-order valence-corrected chi connectivity index (χ1v) is 9.94. The van der Waals surface area contributed by atoms with Crippen LogP contribution in [0.4, 0.5) is 5.69 Å². The molecule has 0 bridgehead atoms. The van der Waals surface area contributed by atoms with E-state index in [4.69, 9.17) is 14.5 Å². The van der Waals surface area contributed by atoms with Gasteiger partial charge >= 0.3 is 0 Å². The zero-order chi connectivity index (χ0) is 21.5. The van der Waals surface area contributed by atoms with E-state index in [-0.39, 0.29) is 24.0 Å². The molecule has 0 fully saturated rings. The summed E-state index contributed by atoms with van der Waals surface area (Å²) < 4.78 is 12.7. The van der Waals surface area contributed by atoms with Crippen molar-refractivity contribution in [2.75, 3.05) is 26.1 Å². The molecule has 0 unspecified atom stereocenters. The lowest BCUT2D eigenvalue weighted by molar-refractivity contribution is 0.355.